The zero-order valence-electron chi connectivity index (χ0n) is 10.7. The SMILES string of the molecule is O=c1ccn(CC(CS)c2ccccc2)cc1[N+](=O)[O-]. The molecule has 0 saturated carbocycles. The van der Waals surface area contributed by atoms with E-state index in [0.29, 0.717) is 12.3 Å². The average molecular weight is 290 g/mol. The van der Waals surface area contributed by atoms with Crippen LogP contribution in [0.1, 0.15) is 11.5 Å². The predicted octanol–water partition coefficient (Wildman–Crippen LogP) is 2.47. The first-order valence-corrected chi connectivity index (χ1v) is 6.75. The van der Waals surface area contributed by atoms with Gasteiger partial charge in [-0.3, -0.25) is 14.9 Å². The smallest absolute Gasteiger partial charge is 0.332 e. The summed E-state index contributed by atoms with van der Waals surface area (Å²) in [7, 11) is 0. The largest absolute Gasteiger partial charge is 0.347 e. The van der Waals surface area contributed by atoms with E-state index in [2.05, 4.69) is 12.6 Å². The Hall–Kier alpha value is -2.08. The maximum Gasteiger partial charge on any atom is 0.332 e. The first kappa shape index (κ1) is 14.3. The van der Waals surface area contributed by atoms with Crippen molar-refractivity contribution in [3.8, 4) is 0 Å². The molecule has 1 heterocycles. The van der Waals surface area contributed by atoms with Gasteiger partial charge in [0, 0.05) is 24.7 Å². The molecule has 1 aromatic carbocycles. The molecule has 2 aromatic rings. The Balaban J connectivity index is 2.27. The van der Waals surface area contributed by atoms with E-state index in [-0.39, 0.29) is 5.92 Å². The standard InChI is InChI=1S/C14H14N2O3S/c17-14-6-7-15(9-13(14)16(18)19)8-12(10-20)11-4-2-1-3-5-11/h1-7,9,12,20H,8,10H2. The Kier molecular flexibility index (Phi) is 4.57. The third kappa shape index (κ3) is 3.27. The maximum absolute atomic E-state index is 11.4. The van der Waals surface area contributed by atoms with Gasteiger partial charge in [-0.1, -0.05) is 30.3 Å². The summed E-state index contributed by atoms with van der Waals surface area (Å²) in [6.07, 6.45) is 2.84. The van der Waals surface area contributed by atoms with E-state index >= 15 is 0 Å². The van der Waals surface area contributed by atoms with Gasteiger partial charge in [0.1, 0.15) is 0 Å². The van der Waals surface area contributed by atoms with E-state index in [4.69, 9.17) is 0 Å². The summed E-state index contributed by atoms with van der Waals surface area (Å²) in [5.74, 6) is 0.742. The molecule has 0 spiro atoms. The Morgan fingerprint density at radius 1 is 1.25 bits per heavy atom. The molecule has 0 amide bonds. The fraction of sp³-hybridized carbons (Fsp3) is 0.214. The van der Waals surface area contributed by atoms with E-state index in [0.717, 1.165) is 5.56 Å². The zero-order chi connectivity index (χ0) is 14.5. The van der Waals surface area contributed by atoms with Crippen LogP contribution in [0.15, 0.2) is 53.6 Å². The van der Waals surface area contributed by atoms with Crippen LogP contribution in [0.3, 0.4) is 0 Å². The minimum Gasteiger partial charge on any atom is -0.347 e. The number of rotatable bonds is 5. The minimum absolute atomic E-state index is 0.127. The van der Waals surface area contributed by atoms with Crippen molar-refractivity contribution in [1.29, 1.82) is 0 Å². The number of nitro groups is 1. The molecule has 0 N–H and O–H groups in total. The second kappa shape index (κ2) is 6.38. The molecule has 0 aliphatic carbocycles. The summed E-state index contributed by atoms with van der Waals surface area (Å²) in [6.45, 7) is 0.536. The normalized spacial score (nSPS) is 12.1. The van der Waals surface area contributed by atoms with Gasteiger partial charge >= 0.3 is 5.69 Å². The molecule has 0 bridgehead atoms. The molecule has 104 valence electrons. The van der Waals surface area contributed by atoms with E-state index in [1.54, 1.807) is 10.8 Å². The molecule has 1 aromatic heterocycles. The molecule has 6 heteroatoms. The average Bonchev–Trinajstić information content (AvgIpc) is 2.47. The van der Waals surface area contributed by atoms with Crippen molar-refractivity contribution in [2.75, 3.05) is 5.75 Å². The van der Waals surface area contributed by atoms with Gasteiger partial charge in [0.05, 0.1) is 11.1 Å². The Labute approximate surface area is 121 Å². The first-order chi connectivity index (χ1) is 9.61. The Morgan fingerprint density at radius 2 is 1.95 bits per heavy atom. The number of hydrogen-bond donors (Lipinski definition) is 1. The van der Waals surface area contributed by atoms with Crippen LogP contribution in [-0.4, -0.2) is 15.2 Å². The van der Waals surface area contributed by atoms with Gasteiger partial charge in [-0.25, -0.2) is 0 Å². The van der Waals surface area contributed by atoms with Gasteiger partial charge in [0.15, 0.2) is 0 Å². The molecule has 5 nitrogen and oxygen atoms in total. The van der Waals surface area contributed by atoms with E-state index in [1.165, 1.54) is 12.3 Å². The predicted molar refractivity (Wildman–Crippen MR) is 80.4 cm³/mol. The third-order valence-electron chi connectivity index (χ3n) is 3.08. The molecule has 1 unspecified atom stereocenters. The molecule has 20 heavy (non-hydrogen) atoms. The Morgan fingerprint density at radius 3 is 2.55 bits per heavy atom. The summed E-state index contributed by atoms with van der Waals surface area (Å²) in [6, 6.07) is 11.0. The van der Waals surface area contributed by atoms with Gasteiger partial charge in [0.25, 0.3) is 5.43 Å². The number of hydrogen-bond acceptors (Lipinski definition) is 4. The summed E-state index contributed by atoms with van der Waals surface area (Å²) in [5.41, 5.74) is 0.135. The second-order valence-electron chi connectivity index (χ2n) is 4.44. The molecule has 0 saturated heterocycles. The monoisotopic (exact) mass is 290 g/mol. The molecule has 0 radical (unpaired) electrons. The molecule has 0 aliphatic rings. The molecule has 0 aliphatic heterocycles. The van der Waals surface area contributed by atoms with E-state index in [9.17, 15) is 14.9 Å². The highest BCUT2D eigenvalue weighted by molar-refractivity contribution is 7.80. The van der Waals surface area contributed by atoms with E-state index in [1.807, 2.05) is 30.3 Å². The molecule has 2 rings (SSSR count). The topological polar surface area (TPSA) is 65.1 Å². The molecule has 1 atom stereocenters. The molecular formula is C14H14N2O3S. The minimum atomic E-state index is -0.656. The summed E-state index contributed by atoms with van der Waals surface area (Å²) in [4.78, 5) is 21.5. The van der Waals surface area contributed by atoms with Crippen LogP contribution < -0.4 is 5.43 Å². The second-order valence-corrected chi connectivity index (χ2v) is 4.80. The highest BCUT2D eigenvalue weighted by Gasteiger charge is 2.14. The van der Waals surface area contributed by atoms with Crippen molar-refractivity contribution in [3.63, 3.8) is 0 Å². The lowest BCUT2D eigenvalue weighted by molar-refractivity contribution is -0.386. The lowest BCUT2D eigenvalue weighted by atomic mass is 10.0. The van der Waals surface area contributed by atoms with Gasteiger partial charge < -0.3 is 4.57 Å². The van der Waals surface area contributed by atoms with Crippen LogP contribution in [0.2, 0.25) is 0 Å². The quantitative estimate of drug-likeness (QED) is 0.522. The van der Waals surface area contributed by atoms with Crippen LogP contribution in [0.25, 0.3) is 0 Å². The summed E-state index contributed by atoms with van der Waals surface area (Å²) in [5, 5.41) is 10.8. The van der Waals surface area contributed by atoms with Crippen molar-refractivity contribution in [3.05, 3.63) is 74.7 Å². The van der Waals surface area contributed by atoms with Crippen molar-refractivity contribution in [1.82, 2.24) is 4.57 Å². The van der Waals surface area contributed by atoms with Crippen LogP contribution in [0.4, 0.5) is 5.69 Å². The van der Waals surface area contributed by atoms with Gasteiger partial charge in [-0.05, 0) is 11.3 Å². The van der Waals surface area contributed by atoms with Gasteiger partial charge in [-0.15, -0.1) is 0 Å². The van der Waals surface area contributed by atoms with Crippen LogP contribution >= 0.6 is 12.6 Å². The highest BCUT2D eigenvalue weighted by atomic mass is 32.1. The number of thiol groups is 1. The zero-order valence-corrected chi connectivity index (χ0v) is 11.6. The third-order valence-corrected chi connectivity index (χ3v) is 3.52. The van der Waals surface area contributed by atoms with Crippen LogP contribution in [-0.2, 0) is 6.54 Å². The maximum atomic E-state index is 11.4. The number of pyridine rings is 1. The first-order valence-electron chi connectivity index (χ1n) is 6.12. The van der Waals surface area contributed by atoms with Crippen LogP contribution in [0.5, 0.6) is 0 Å². The summed E-state index contributed by atoms with van der Waals surface area (Å²) >= 11 is 4.34. The summed E-state index contributed by atoms with van der Waals surface area (Å²) < 4.78 is 1.66. The number of nitrogens with zero attached hydrogens (tertiary/aromatic N) is 2. The fourth-order valence-corrected chi connectivity index (χ4v) is 2.34. The molecule has 0 fully saturated rings. The van der Waals surface area contributed by atoms with Crippen LogP contribution in [0, 0.1) is 10.1 Å². The van der Waals surface area contributed by atoms with Crippen molar-refractivity contribution >= 4 is 18.3 Å². The van der Waals surface area contributed by atoms with E-state index < -0.39 is 16.0 Å². The van der Waals surface area contributed by atoms with Crippen molar-refractivity contribution in [2.45, 2.75) is 12.5 Å². The van der Waals surface area contributed by atoms with Crippen molar-refractivity contribution in [2.24, 2.45) is 0 Å². The Bertz CT molecular complexity index is 655. The highest BCUT2D eigenvalue weighted by Crippen LogP contribution is 2.19. The van der Waals surface area contributed by atoms with Gasteiger partial charge in [0.2, 0.25) is 0 Å². The fourth-order valence-electron chi connectivity index (χ4n) is 2.01. The lowest BCUT2D eigenvalue weighted by Crippen LogP contribution is -2.15. The van der Waals surface area contributed by atoms with Gasteiger partial charge in [-0.2, -0.15) is 12.6 Å². The number of benzene rings is 1. The number of aromatic nitrogens is 1. The molecular weight excluding hydrogens is 276 g/mol. The van der Waals surface area contributed by atoms with Crippen molar-refractivity contribution < 1.29 is 4.92 Å². The lowest BCUT2D eigenvalue weighted by Gasteiger charge is -2.16.